The van der Waals surface area contributed by atoms with Crippen LogP contribution in [0.25, 0.3) is 0 Å². The summed E-state index contributed by atoms with van der Waals surface area (Å²) in [6.07, 6.45) is 2.35. The Kier molecular flexibility index (Phi) is 7.30. The molecule has 0 amide bonds. The van der Waals surface area contributed by atoms with Gasteiger partial charge in [0.2, 0.25) is 0 Å². The highest BCUT2D eigenvalue weighted by Crippen LogP contribution is 2.09. The third kappa shape index (κ3) is 6.23. The summed E-state index contributed by atoms with van der Waals surface area (Å²) in [4.78, 5) is 10.5. The first-order chi connectivity index (χ1) is 4.81. The van der Waals surface area contributed by atoms with E-state index in [9.17, 15) is 4.79 Å². The number of ether oxygens (including phenoxy) is 1. The van der Waals surface area contributed by atoms with Crippen molar-refractivity contribution >= 4 is 27.6 Å². The van der Waals surface area contributed by atoms with Crippen LogP contribution >= 0.6 is 21.7 Å². The van der Waals surface area contributed by atoms with E-state index < -0.39 is 0 Å². The minimum absolute atomic E-state index is 0.139. The van der Waals surface area contributed by atoms with Crippen molar-refractivity contribution in [3.63, 3.8) is 0 Å². The van der Waals surface area contributed by atoms with Gasteiger partial charge in [0, 0.05) is 12.2 Å². The molecule has 0 aliphatic heterocycles. The molecule has 0 saturated carbocycles. The highest BCUT2D eigenvalue weighted by molar-refractivity contribution is 8.21. The van der Waals surface area contributed by atoms with E-state index in [1.54, 1.807) is 0 Å². The molecule has 0 unspecified atom stereocenters. The van der Waals surface area contributed by atoms with Crippen molar-refractivity contribution in [3.8, 4) is 0 Å². The molecule has 0 radical (unpaired) electrons. The molecule has 2 nitrogen and oxygen atoms in total. The van der Waals surface area contributed by atoms with Crippen LogP contribution in [0.5, 0.6) is 0 Å². The first-order valence-corrected chi connectivity index (χ1v) is 4.92. The number of carbonyl (C=O) groups excluding carboxylic acids is 1. The lowest BCUT2D eigenvalue weighted by atomic mass is 10.2. The van der Waals surface area contributed by atoms with Gasteiger partial charge in [0.05, 0.1) is 7.11 Å². The van der Waals surface area contributed by atoms with Crippen molar-refractivity contribution < 1.29 is 9.53 Å². The van der Waals surface area contributed by atoms with Crippen LogP contribution in [0.2, 0.25) is 0 Å². The van der Waals surface area contributed by atoms with E-state index in [1.165, 1.54) is 18.1 Å². The second kappa shape index (κ2) is 7.22. The fourth-order valence-electron chi connectivity index (χ4n) is 0.528. The summed E-state index contributed by atoms with van der Waals surface area (Å²) < 4.78 is 4.45. The molecule has 0 heterocycles. The number of carbonyl (C=O) groups is 1. The lowest BCUT2D eigenvalue weighted by Crippen LogP contribution is -1.99. The lowest BCUT2D eigenvalue weighted by Gasteiger charge is -1.96. The van der Waals surface area contributed by atoms with Gasteiger partial charge in [-0.05, 0) is 23.5 Å². The maximum Gasteiger partial charge on any atom is 0.305 e. The van der Waals surface area contributed by atoms with Crippen LogP contribution < -0.4 is 0 Å². The van der Waals surface area contributed by atoms with Crippen LogP contribution in [-0.2, 0) is 9.53 Å². The average Bonchev–Trinajstić information content (AvgIpc) is 1.98. The van der Waals surface area contributed by atoms with E-state index in [4.69, 9.17) is 10.7 Å². The van der Waals surface area contributed by atoms with Gasteiger partial charge in [-0.25, -0.2) is 0 Å². The summed E-state index contributed by atoms with van der Waals surface area (Å²) in [5, 5.41) is 0. The second-order valence-corrected chi connectivity index (χ2v) is 3.13. The third-order valence-electron chi connectivity index (χ3n) is 1.08. The highest BCUT2D eigenvalue weighted by atomic mass is 35.7. The van der Waals surface area contributed by atoms with Crippen molar-refractivity contribution in [2.45, 2.75) is 19.3 Å². The third-order valence-corrected chi connectivity index (χ3v) is 1.99. The summed E-state index contributed by atoms with van der Waals surface area (Å²) in [7, 11) is 8.03. The van der Waals surface area contributed by atoms with Gasteiger partial charge in [-0.2, -0.15) is 0 Å². The Balaban J connectivity index is 2.96. The predicted octanol–water partition coefficient (Wildman–Crippen LogP) is 2.22. The molecule has 4 heteroatoms. The van der Waals surface area contributed by atoms with Crippen LogP contribution in [0.4, 0.5) is 0 Å². The fourth-order valence-corrected chi connectivity index (χ4v) is 1.17. The van der Waals surface area contributed by atoms with Crippen LogP contribution in [0.3, 0.4) is 0 Å². The van der Waals surface area contributed by atoms with Crippen molar-refractivity contribution in [1.82, 2.24) is 0 Å². The van der Waals surface area contributed by atoms with Crippen LogP contribution in [0.15, 0.2) is 0 Å². The molecule has 0 saturated heterocycles. The van der Waals surface area contributed by atoms with Crippen LogP contribution in [0, 0.1) is 0 Å². The molecule has 0 fully saturated rings. The maximum atomic E-state index is 10.5. The SMILES string of the molecule is COC(=O)CCCCSCl. The van der Waals surface area contributed by atoms with Crippen molar-refractivity contribution in [1.29, 1.82) is 0 Å². The molecule has 0 aromatic heterocycles. The zero-order chi connectivity index (χ0) is 7.82. The van der Waals surface area contributed by atoms with Gasteiger partial charge in [0.1, 0.15) is 0 Å². The average molecular weight is 183 g/mol. The van der Waals surface area contributed by atoms with Crippen molar-refractivity contribution in [2.75, 3.05) is 12.9 Å². The van der Waals surface area contributed by atoms with Gasteiger partial charge >= 0.3 is 5.97 Å². The van der Waals surface area contributed by atoms with Crippen molar-refractivity contribution in [2.24, 2.45) is 0 Å². The normalized spacial score (nSPS) is 9.40. The molecule has 60 valence electrons. The Morgan fingerprint density at radius 2 is 2.30 bits per heavy atom. The van der Waals surface area contributed by atoms with E-state index in [-0.39, 0.29) is 5.97 Å². The lowest BCUT2D eigenvalue weighted by molar-refractivity contribution is -0.140. The van der Waals surface area contributed by atoms with E-state index >= 15 is 0 Å². The number of rotatable bonds is 5. The van der Waals surface area contributed by atoms with Gasteiger partial charge in [-0.1, -0.05) is 11.0 Å². The molecule has 0 N–H and O–H groups in total. The van der Waals surface area contributed by atoms with Gasteiger partial charge in [0.25, 0.3) is 0 Å². The van der Waals surface area contributed by atoms with Gasteiger partial charge in [-0.3, -0.25) is 4.79 Å². The Hall–Kier alpha value is 0.110. The van der Waals surface area contributed by atoms with Crippen LogP contribution in [-0.4, -0.2) is 18.8 Å². The number of unbranched alkanes of at least 4 members (excludes halogenated alkanes) is 1. The molecule has 0 aromatic rings. The summed E-state index contributed by atoms with van der Waals surface area (Å²) in [6, 6.07) is 0. The van der Waals surface area contributed by atoms with Crippen molar-refractivity contribution in [3.05, 3.63) is 0 Å². The number of halogens is 1. The zero-order valence-corrected chi connectivity index (χ0v) is 7.50. The minimum Gasteiger partial charge on any atom is -0.469 e. The Morgan fingerprint density at radius 1 is 1.60 bits per heavy atom. The van der Waals surface area contributed by atoms with Crippen LogP contribution in [0.1, 0.15) is 19.3 Å². The largest absolute Gasteiger partial charge is 0.469 e. The Morgan fingerprint density at radius 3 is 2.80 bits per heavy atom. The first-order valence-electron chi connectivity index (χ1n) is 3.11. The Bertz CT molecular complexity index is 97.7. The van der Waals surface area contributed by atoms with E-state index in [0.29, 0.717) is 6.42 Å². The van der Waals surface area contributed by atoms with Gasteiger partial charge in [0.15, 0.2) is 0 Å². The monoisotopic (exact) mass is 182 g/mol. The molecular weight excluding hydrogens is 172 g/mol. The molecule has 0 aliphatic carbocycles. The highest BCUT2D eigenvalue weighted by Gasteiger charge is 1.97. The van der Waals surface area contributed by atoms with E-state index in [1.807, 2.05) is 0 Å². The number of hydrogen-bond donors (Lipinski definition) is 0. The summed E-state index contributed by atoms with van der Waals surface area (Å²) in [6.45, 7) is 0. The molecule has 0 rings (SSSR count). The first kappa shape index (κ1) is 10.1. The number of hydrogen-bond acceptors (Lipinski definition) is 3. The molecule has 0 aliphatic rings. The van der Waals surface area contributed by atoms with E-state index in [0.717, 1.165) is 18.6 Å². The minimum atomic E-state index is -0.139. The molecular formula is C6H11ClO2S. The standard InChI is InChI=1S/C6H11ClO2S/c1-9-6(8)4-2-3-5-10-7/h2-5H2,1H3. The quantitative estimate of drug-likeness (QED) is 0.482. The van der Waals surface area contributed by atoms with E-state index in [2.05, 4.69) is 4.74 Å². The smallest absolute Gasteiger partial charge is 0.305 e. The summed E-state index contributed by atoms with van der Waals surface area (Å²) in [5.41, 5.74) is 0. The number of esters is 1. The molecule has 0 bridgehead atoms. The predicted molar refractivity (Wildman–Crippen MR) is 44.2 cm³/mol. The zero-order valence-electron chi connectivity index (χ0n) is 5.93. The van der Waals surface area contributed by atoms with Gasteiger partial charge < -0.3 is 4.74 Å². The molecule has 10 heavy (non-hydrogen) atoms. The summed E-state index contributed by atoms with van der Waals surface area (Å²) >= 11 is 0. The Labute approximate surface area is 69.8 Å². The molecule has 0 spiro atoms. The molecule has 0 aromatic carbocycles. The second-order valence-electron chi connectivity index (χ2n) is 1.85. The van der Waals surface area contributed by atoms with Gasteiger partial charge in [-0.15, -0.1) is 0 Å². The topological polar surface area (TPSA) is 26.3 Å². The summed E-state index contributed by atoms with van der Waals surface area (Å²) in [5.74, 6) is 0.762. The molecule has 0 atom stereocenters. The fraction of sp³-hybridized carbons (Fsp3) is 0.833. The maximum absolute atomic E-state index is 10.5. The number of methoxy groups -OCH3 is 1.